The number of aromatic hydroxyl groups is 2. The van der Waals surface area contributed by atoms with E-state index in [0.717, 1.165) is 19.2 Å². The molecule has 4 aliphatic heterocycles. The summed E-state index contributed by atoms with van der Waals surface area (Å²) >= 11 is 0. The molecule has 0 radical (unpaired) electrons. The van der Waals surface area contributed by atoms with E-state index in [9.17, 15) is 60.2 Å². The molecule has 344 valence electrons. The highest BCUT2D eigenvalue weighted by Gasteiger charge is 2.62. The number of carbonyl (C=O) groups is 3. The molecule has 2 aromatic rings. The first-order valence-electron chi connectivity index (χ1n) is 20.6. The van der Waals surface area contributed by atoms with Gasteiger partial charge in [-0.15, -0.1) is 0 Å². The monoisotopic (exact) mass is 888 g/mol. The van der Waals surface area contributed by atoms with E-state index in [0.29, 0.717) is 0 Å². The number of ketones is 2. The van der Waals surface area contributed by atoms with Crippen molar-refractivity contribution >= 4 is 17.5 Å². The summed E-state index contributed by atoms with van der Waals surface area (Å²) in [7, 11) is 4.40. The second-order valence-electron chi connectivity index (χ2n) is 18.3. The number of aliphatic hydroxyl groups excluding tert-OH is 4. The summed E-state index contributed by atoms with van der Waals surface area (Å²) in [5.41, 5.74) is -7.79. The van der Waals surface area contributed by atoms with Gasteiger partial charge in [-0.2, -0.15) is 0 Å². The number of rotatable bonds is 7. The van der Waals surface area contributed by atoms with Crippen LogP contribution >= 0.6 is 0 Å². The minimum atomic E-state index is -1.91. The van der Waals surface area contributed by atoms with Gasteiger partial charge in [-0.3, -0.25) is 24.5 Å². The number of carbonyl (C=O) groups excluding carboxylic acids is 3. The largest absolute Gasteiger partial charge is 0.507 e. The Balaban J connectivity index is 1.15. The fourth-order valence-corrected chi connectivity index (χ4v) is 10.5. The van der Waals surface area contributed by atoms with E-state index in [1.807, 2.05) is 0 Å². The standard InChI is InChI=1S/C42H52N2O19/c1-14-34(60-23-13-40(3,44(55)56)36(52)15(2)59-23)20(46)11-22(58-14)61-37-29(43(6)7)33(51)39-62-35-18(42(37,5)63-39)10-19(45)26-27(35)30(48)17-9-16-24(31(49)25(17)32(26)50)21(47)12-41(4,54)28(16)38(53)57-8/h9-10,14-15,20-23,28-29,33-34,36-37,39,45-47,49,51-52,54H,11-13H2,1-8H3/t14-,15-,20-,21-,22-,23+,28-,29-,33-,34+,36-,37-,39+,40+,41-,42+/m0/s1. The number of benzene rings is 2. The number of phenolic OH excluding ortho intramolecular Hbond substituents is 2. The maximum absolute atomic E-state index is 14.8. The van der Waals surface area contributed by atoms with Crippen molar-refractivity contribution in [3.05, 3.63) is 61.2 Å². The summed E-state index contributed by atoms with van der Waals surface area (Å²) in [5, 5.41) is 91.3. The van der Waals surface area contributed by atoms with Crippen LogP contribution in [0.3, 0.4) is 0 Å². The van der Waals surface area contributed by atoms with E-state index >= 15 is 0 Å². The predicted octanol–water partition coefficient (Wildman–Crippen LogP) is 0.370. The van der Waals surface area contributed by atoms with Crippen LogP contribution in [0.25, 0.3) is 0 Å². The van der Waals surface area contributed by atoms with Gasteiger partial charge in [-0.25, -0.2) is 0 Å². The number of phenols is 2. The van der Waals surface area contributed by atoms with E-state index in [1.54, 1.807) is 32.8 Å². The molecule has 0 unspecified atom stereocenters. The maximum Gasteiger partial charge on any atom is 0.316 e. The third-order valence-corrected chi connectivity index (χ3v) is 13.8. The molecule has 3 fully saturated rings. The van der Waals surface area contributed by atoms with Gasteiger partial charge in [0.1, 0.15) is 53.2 Å². The van der Waals surface area contributed by atoms with Crippen molar-refractivity contribution in [2.45, 2.75) is 150 Å². The average molecular weight is 889 g/mol. The lowest BCUT2D eigenvalue weighted by molar-refractivity contribution is -0.594. The smallest absolute Gasteiger partial charge is 0.316 e. The van der Waals surface area contributed by atoms with Crippen molar-refractivity contribution in [1.82, 2.24) is 4.90 Å². The Morgan fingerprint density at radius 1 is 0.937 bits per heavy atom. The van der Waals surface area contributed by atoms with Gasteiger partial charge in [0.25, 0.3) is 5.54 Å². The molecule has 0 amide bonds. The van der Waals surface area contributed by atoms with E-state index < -0.39 is 159 Å². The van der Waals surface area contributed by atoms with Crippen LogP contribution in [-0.4, -0.2) is 163 Å². The zero-order valence-corrected chi connectivity index (χ0v) is 35.7. The minimum absolute atomic E-state index is 0.0153. The number of methoxy groups -OCH3 is 1. The number of likely N-dealkylation sites (N-methyl/N-ethyl adjacent to an activating group) is 1. The Hall–Kier alpha value is -4.39. The summed E-state index contributed by atoms with van der Waals surface area (Å²) in [6.07, 6.45) is -14.8. The van der Waals surface area contributed by atoms with Crippen LogP contribution in [0.5, 0.6) is 17.2 Å². The number of ether oxygens (including phenoxy) is 7. The van der Waals surface area contributed by atoms with Gasteiger partial charge >= 0.3 is 5.97 Å². The molecule has 4 heterocycles. The van der Waals surface area contributed by atoms with Crippen molar-refractivity contribution in [3.8, 4) is 17.2 Å². The quantitative estimate of drug-likeness (QED) is 0.0958. The first-order valence-corrected chi connectivity index (χ1v) is 20.6. The number of esters is 1. The molecule has 16 atom stereocenters. The Morgan fingerprint density at radius 3 is 2.22 bits per heavy atom. The molecule has 21 heteroatoms. The van der Waals surface area contributed by atoms with Gasteiger partial charge in [-0.1, -0.05) is 0 Å². The highest BCUT2D eigenvalue weighted by Crippen LogP contribution is 2.56. The molecule has 0 spiro atoms. The first-order chi connectivity index (χ1) is 29.4. The normalized spacial score (nSPS) is 40.6. The lowest BCUT2D eigenvalue weighted by atomic mass is 9.68. The fourth-order valence-electron chi connectivity index (χ4n) is 10.5. The maximum atomic E-state index is 14.8. The fraction of sp³-hybridized carbons (Fsp3) is 0.643. The Bertz CT molecular complexity index is 2250. The Labute approximate surface area is 360 Å². The number of fused-ring (bicyclic) bond motifs is 8. The molecular formula is C42H52N2O19. The molecule has 8 rings (SSSR count). The zero-order valence-electron chi connectivity index (χ0n) is 35.7. The Morgan fingerprint density at radius 2 is 1.60 bits per heavy atom. The van der Waals surface area contributed by atoms with Crippen molar-refractivity contribution in [2.24, 2.45) is 0 Å². The van der Waals surface area contributed by atoms with Crippen LogP contribution in [0.15, 0.2) is 12.1 Å². The van der Waals surface area contributed by atoms with E-state index in [-0.39, 0.29) is 35.3 Å². The summed E-state index contributed by atoms with van der Waals surface area (Å²) < 4.78 is 42.1. The number of aliphatic hydroxyl groups is 5. The van der Waals surface area contributed by atoms with Gasteiger partial charge in [0.2, 0.25) is 12.1 Å². The van der Waals surface area contributed by atoms with E-state index in [4.69, 9.17) is 33.2 Å². The number of hydrogen-bond acceptors (Lipinski definition) is 20. The minimum Gasteiger partial charge on any atom is -0.507 e. The van der Waals surface area contributed by atoms with Crippen molar-refractivity contribution < 1.29 is 88.2 Å². The summed E-state index contributed by atoms with van der Waals surface area (Å²) in [4.78, 5) is 55.2. The predicted molar refractivity (Wildman–Crippen MR) is 209 cm³/mol. The molecule has 0 aromatic heterocycles. The van der Waals surface area contributed by atoms with E-state index in [2.05, 4.69) is 0 Å². The lowest BCUT2D eigenvalue weighted by Gasteiger charge is -2.56. The summed E-state index contributed by atoms with van der Waals surface area (Å²) in [6, 6.07) is 1.34. The molecule has 63 heavy (non-hydrogen) atoms. The number of nitrogens with zero attached hydrogens (tertiary/aromatic N) is 2. The Kier molecular flexibility index (Phi) is 11.0. The van der Waals surface area contributed by atoms with Crippen LogP contribution in [-0.2, 0) is 38.8 Å². The molecule has 3 saturated heterocycles. The summed E-state index contributed by atoms with van der Waals surface area (Å²) in [6.45, 7) is 7.20. The number of hydrogen-bond donors (Lipinski definition) is 7. The van der Waals surface area contributed by atoms with Gasteiger partial charge in [0.05, 0.1) is 66.3 Å². The topological polar surface area (TPSA) is 304 Å². The second-order valence-corrected chi connectivity index (χ2v) is 18.3. The van der Waals surface area contributed by atoms with Crippen molar-refractivity contribution in [1.29, 1.82) is 0 Å². The molecule has 0 saturated carbocycles. The highest BCUT2D eigenvalue weighted by molar-refractivity contribution is 6.31. The SMILES string of the molecule is COC(=O)[C@@H]1c2cc3c(c(O)c2[C@@H](O)C[C@]1(C)O)C(=O)c1c(O)cc2c(c1C3=O)O[C@@H]1O[C@@]2(C)[C@@H](O[C@H]2C[C@H](O)[C@H](O[C@@H]3C[C@@](C)([N+](=O)[O-])[C@@H](O)[C@H](C)O3)[C@H](C)O2)[C@@H](N(C)C)[C@@H]1O. The molecule has 2 aromatic carbocycles. The number of nitro groups is 1. The third kappa shape index (κ3) is 6.74. The van der Waals surface area contributed by atoms with Gasteiger partial charge < -0.3 is 73.8 Å². The van der Waals surface area contributed by atoms with Gasteiger partial charge in [0, 0.05) is 41.4 Å². The van der Waals surface area contributed by atoms with Crippen LogP contribution in [0.2, 0.25) is 0 Å². The van der Waals surface area contributed by atoms with Gasteiger partial charge in [0.15, 0.2) is 18.4 Å². The van der Waals surface area contributed by atoms with Crippen LogP contribution in [0.4, 0.5) is 0 Å². The zero-order chi connectivity index (χ0) is 46.2. The van der Waals surface area contributed by atoms with Crippen molar-refractivity contribution in [3.63, 3.8) is 0 Å². The molecule has 2 bridgehead atoms. The van der Waals surface area contributed by atoms with Crippen molar-refractivity contribution in [2.75, 3.05) is 21.2 Å². The van der Waals surface area contributed by atoms with Crippen LogP contribution < -0.4 is 4.74 Å². The molecule has 21 nitrogen and oxygen atoms in total. The van der Waals surface area contributed by atoms with Crippen LogP contribution in [0.1, 0.15) is 114 Å². The summed E-state index contributed by atoms with van der Waals surface area (Å²) in [5.74, 6) is -6.19. The lowest BCUT2D eigenvalue weighted by Crippen LogP contribution is -2.70. The van der Waals surface area contributed by atoms with Gasteiger partial charge in [-0.05, 0) is 59.5 Å². The average Bonchev–Trinajstić information content (AvgIpc) is 3.18. The highest BCUT2D eigenvalue weighted by atomic mass is 16.8. The molecule has 2 aliphatic carbocycles. The molecule has 6 aliphatic rings. The van der Waals surface area contributed by atoms with E-state index in [1.165, 1.54) is 20.8 Å². The molecular weight excluding hydrogens is 836 g/mol. The third-order valence-electron chi connectivity index (χ3n) is 13.8. The first kappa shape index (κ1) is 45.2. The van der Waals surface area contributed by atoms with Crippen LogP contribution in [0, 0.1) is 10.1 Å². The molecule has 7 N–H and O–H groups in total. The second kappa shape index (κ2) is 15.4.